The Morgan fingerprint density at radius 2 is 2.11 bits per heavy atom. The Balaban J connectivity index is 1.90. The molecule has 0 aliphatic carbocycles. The van der Waals surface area contributed by atoms with Crippen LogP contribution in [-0.2, 0) is 6.42 Å². The maximum absolute atomic E-state index is 11.8. The quantitative estimate of drug-likeness (QED) is 0.897. The fraction of sp³-hybridized carbons (Fsp3) is 0.267. The molecule has 1 amide bonds. The molecule has 0 saturated carbocycles. The average molecular weight is 259 g/mol. The number of aryl methyl sites for hydroxylation is 1. The maximum Gasteiger partial charge on any atom is 0.287 e. The van der Waals surface area contributed by atoms with Crippen molar-refractivity contribution in [1.29, 1.82) is 0 Å². The van der Waals surface area contributed by atoms with E-state index in [2.05, 4.69) is 5.32 Å². The smallest absolute Gasteiger partial charge is 0.287 e. The average Bonchev–Trinajstić information content (AvgIpc) is 2.85. The van der Waals surface area contributed by atoms with Crippen molar-refractivity contribution in [2.45, 2.75) is 13.3 Å². The van der Waals surface area contributed by atoms with Crippen molar-refractivity contribution in [3.8, 4) is 5.75 Å². The van der Waals surface area contributed by atoms with Gasteiger partial charge in [0.1, 0.15) is 5.75 Å². The molecule has 0 fully saturated rings. The molecule has 4 heteroatoms. The molecule has 0 atom stereocenters. The molecule has 0 aliphatic heterocycles. The monoisotopic (exact) mass is 259 g/mol. The Morgan fingerprint density at radius 3 is 2.79 bits per heavy atom. The number of ether oxygens (including phenoxy) is 1. The lowest BCUT2D eigenvalue weighted by molar-refractivity contribution is 0.0925. The molecule has 0 spiro atoms. The van der Waals surface area contributed by atoms with Crippen molar-refractivity contribution in [3.63, 3.8) is 0 Å². The Kier molecular flexibility index (Phi) is 4.23. The van der Waals surface area contributed by atoms with Crippen molar-refractivity contribution in [1.82, 2.24) is 5.32 Å². The first-order valence-corrected chi connectivity index (χ1v) is 6.16. The zero-order chi connectivity index (χ0) is 13.7. The highest BCUT2D eigenvalue weighted by Crippen LogP contribution is 2.17. The molecule has 0 saturated heterocycles. The number of rotatable bonds is 5. The van der Waals surface area contributed by atoms with E-state index in [-0.39, 0.29) is 5.91 Å². The normalized spacial score (nSPS) is 10.2. The molecule has 19 heavy (non-hydrogen) atoms. The molecule has 0 unspecified atom stereocenters. The Morgan fingerprint density at radius 1 is 1.32 bits per heavy atom. The van der Waals surface area contributed by atoms with Gasteiger partial charge < -0.3 is 14.5 Å². The third-order valence-electron chi connectivity index (χ3n) is 2.94. The molecular weight excluding hydrogens is 242 g/mol. The van der Waals surface area contributed by atoms with Crippen LogP contribution >= 0.6 is 0 Å². The number of amides is 1. The molecule has 0 radical (unpaired) electrons. The van der Waals surface area contributed by atoms with Crippen molar-refractivity contribution in [2.75, 3.05) is 13.7 Å². The van der Waals surface area contributed by atoms with Crippen molar-refractivity contribution in [2.24, 2.45) is 0 Å². The van der Waals surface area contributed by atoms with Crippen LogP contribution in [0.4, 0.5) is 0 Å². The first-order valence-electron chi connectivity index (χ1n) is 6.16. The molecule has 2 aromatic rings. The number of carbonyl (C=O) groups is 1. The summed E-state index contributed by atoms with van der Waals surface area (Å²) in [7, 11) is 1.64. The molecule has 100 valence electrons. The van der Waals surface area contributed by atoms with Crippen LogP contribution in [0.15, 0.2) is 41.0 Å². The summed E-state index contributed by atoms with van der Waals surface area (Å²) in [6.45, 7) is 2.39. The lowest BCUT2D eigenvalue weighted by Gasteiger charge is -2.08. The standard InChI is InChI=1S/C15H17NO3/c1-11-8-10-19-14(11)15(17)16-9-7-12-5-3-4-6-13(12)18-2/h3-6,8,10H,7,9H2,1-2H3,(H,16,17). The van der Waals surface area contributed by atoms with Crippen LogP contribution in [0, 0.1) is 6.92 Å². The Hall–Kier alpha value is -2.23. The van der Waals surface area contributed by atoms with Crippen molar-refractivity contribution in [3.05, 3.63) is 53.5 Å². The van der Waals surface area contributed by atoms with E-state index in [0.717, 1.165) is 23.3 Å². The Labute approximate surface area is 112 Å². The van der Waals surface area contributed by atoms with E-state index in [9.17, 15) is 4.79 Å². The fourth-order valence-electron chi connectivity index (χ4n) is 1.91. The van der Waals surface area contributed by atoms with Gasteiger partial charge in [-0.05, 0) is 31.0 Å². The van der Waals surface area contributed by atoms with Gasteiger partial charge in [0.15, 0.2) is 5.76 Å². The second-order valence-corrected chi connectivity index (χ2v) is 4.25. The minimum atomic E-state index is -0.183. The highest BCUT2D eigenvalue weighted by atomic mass is 16.5. The summed E-state index contributed by atoms with van der Waals surface area (Å²) in [6, 6.07) is 9.55. The zero-order valence-electron chi connectivity index (χ0n) is 11.1. The number of para-hydroxylation sites is 1. The molecule has 1 heterocycles. The number of hydrogen-bond donors (Lipinski definition) is 1. The van der Waals surface area contributed by atoms with Gasteiger partial charge in [-0.2, -0.15) is 0 Å². The van der Waals surface area contributed by atoms with Crippen molar-refractivity contribution >= 4 is 5.91 Å². The van der Waals surface area contributed by atoms with E-state index in [0.29, 0.717) is 12.3 Å². The van der Waals surface area contributed by atoms with Gasteiger partial charge in [-0.1, -0.05) is 18.2 Å². The topological polar surface area (TPSA) is 51.5 Å². The molecule has 1 aromatic carbocycles. The zero-order valence-corrected chi connectivity index (χ0v) is 11.1. The first kappa shape index (κ1) is 13.2. The van der Waals surface area contributed by atoms with Gasteiger partial charge in [-0.3, -0.25) is 4.79 Å². The number of furan rings is 1. The van der Waals surface area contributed by atoms with Crippen LogP contribution < -0.4 is 10.1 Å². The summed E-state index contributed by atoms with van der Waals surface area (Å²) in [4.78, 5) is 11.8. The lowest BCUT2D eigenvalue weighted by Crippen LogP contribution is -2.25. The van der Waals surface area contributed by atoms with Crippen LogP contribution in [0.25, 0.3) is 0 Å². The van der Waals surface area contributed by atoms with Gasteiger partial charge in [-0.25, -0.2) is 0 Å². The van der Waals surface area contributed by atoms with Crippen LogP contribution in [-0.4, -0.2) is 19.6 Å². The first-order chi connectivity index (χ1) is 9.22. The number of benzene rings is 1. The SMILES string of the molecule is COc1ccccc1CCNC(=O)c1occc1C. The molecule has 2 rings (SSSR count). The van der Waals surface area contributed by atoms with Gasteiger partial charge in [0.2, 0.25) is 0 Å². The largest absolute Gasteiger partial charge is 0.496 e. The summed E-state index contributed by atoms with van der Waals surface area (Å²) in [6.07, 6.45) is 2.24. The Bertz CT molecular complexity index is 560. The van der Waals surface area contributed by atoms with E-state index in [1.54, 1.807) is 13.2 Å². The third kappa shape index (κ3) is 3.16. The highest BCUT2D eigenvalue weighted by molar-refractivity contribution is 5.92. The lowest BCUT2D eigenvalue weighted by atomic mass is 10.1. The van der Waals surface area contributed by atoms with Gasteiger partial charge in [-0.15, -0.1) is 0 Å². The molecule has 1 aromatic heterocycles. The van der Waals surface area contributed by atoms with Gasteiger partial charge >= 0.3 is 0 Å². The second-order valence-electron chi connectivity index (χ2n) is 4.25. The molecule has 0 aliphatic rings. The second kappa shape index (κ2) is 6.09. The fourth-order valence-corrected chi connectivity index (χ4v) is 1.91. The minimum absolute atomic E-state index is 0.183. The third-order valence-corrected chi connectivity index (χ3v) is 2.94. The van der Waals surface area contributed by atoms with Gasteiger partial charge in [0.25, 0.3) is 5.91 Å². The van der Waals surface area contributed by atoms with Crippen LogP contribution in [0.3, 0.4) is 0 Å². The van der Waals surface area contributed by atoms with Crippen LogP contribution in [0.5, 0.6) is 5.75 Å². The molecule has 4 nitrogen and oxygen atoms in total. The maximum atomic E-state index is 11.8. The number of nitrogens with one attached hydrogen (secondary N) is 1. The summed E-state index contributed by atoms with van der Waals surface area (Å²) in [5, 5.41) is 2.84. The van der Waals surface area contributed by atoms with Gasteiger partial charge in [0, 0.05) is 12.1 Å². The van der Waals surface area contributed by atoms with Gasteiger partial charge in [0.05, 0.1) is 13.4 Å². The number of carbonyl (C=O) groups excluding carboxylic acids is 1. The number of hydrogen-bond acceptors (Lipinski definition) is 3. The van der Waals surface area contributed by atoms with Crippen molar-refractivity contribution < 1.29 is 13.9 Å². The summed E-state index contributed by atoms with van der Waals surface area (Å²) < 4.78 is 10.4. The molecular formula is C15H17NO3. The van der Waals surface area contributed by atoms with E-state index in [4.69, 9.17) is 9.15 Å². The van der Waals surface area contributed by atoms with E-state index in [1.807, 2.05) is 31.2 Å². The molecule has 1 N–H and O–H groups in total. The van der Waals surface area contributed by atoms with E-state index >= 15 is 0 Å². The summed E-state index contributed by atoms with van der Waals surface area (Å²) in [5.74, 6) is 1.03. The predicted molar refractivity (Wildman–Crippen MR) is 72.5 cm³/mol. The highest BCUT2D eigenvalue weighted by Gasteiger charge is 2.11. The summed E-state index contributed by atoms with van der Waals surface area (Å²) in [5.41, 5.74) is 1.91. The molecule has 0 bridgehead atoms. The van der Waals surface area contributed by atoms with E-state index < -0.39 is 0 Å². The van der Waals surface area contributed by atoms with E-state index in [1.165, 1.54) is 6.26 Å². The summed E-state index contributed by atoms with van der Waals surface area (Å²) >= 11 is 0. The predicted octanol–water partition coefficient (Wildman–Crippen LogP) is 2.57. The minimum Gasteiger partial charge on any atom is -0.496 e. The number of methoxy groups -OCH3 is 1. The van der Waals surface area contributed by atoms with Crippen LogP contribution in [0.1, 0.15) is 21.7 Å². The van der Waals surface area contributed by atoms with Crippen LogP contribution in [0.2, 0.25) is 0 Å².